The standard InChI is InChI=1S/C17H17ClN5.Y/c1-12-20-16(22-10-7-19-8-11-22)15-6-9-23(17(15)21-12)14-4-2-13(18)3-5-14;/h2-6,9H,7-8,10-11H2,1H3;/q-1;. The van der Waals surface area contributed by atoms with E-state index in [1.54, 1.807) is 0 Å². The first-order valence-corrected chi connectivity index (χ1v) is 8.10. The number of piperazine rings is 1. The maximum Gasteiger partial charge on any atom is 0.150 e. The van der Waals surface area contributed by atoms with E-state index in [9.17, 15) is 0 Å². The number of halogens is 1. The second-order valence-corrected chi connectivity index (χ2v) is 6.09. The molecular formula is C17H17ClN5Y-. The maximum absolute atomic E-state index is 5.99. The van der Waals surface area contributed by atoms with Crippen LogP contribution < -0.4 is 4.90 Å². The number of aromatic nitrogens is 3. The van der Waals surface area contributed by atoms with Gasteiger partial charge in [0.15, 0.2) is 0 Å². The molecule has 0 unspecified atom stereocenters. The van der Waals surface area contributed by atoms with E-state index >= 15 is 0 Å². The van der Waals surface area contributed by atoms with Crippen LogP contribution in [0.25, 0.3) is 22.0 Å². The Balaban J connectivity index is 0.00000169. The monoisotopic (exact) mass is 415 g/mol. The number of hydrogen-bond acceptors (Lipinski definition) is 3. The van der Waals surface area contributed by atoms with E-state index in [0.29, 0.717) is 0 Å². The fourth-order valence-corrected chi connectivity index (χ4v) is 3.10. The van der Waals surface area contributed by atoms with Crippen LogP contribution in [0.3, 0.4) is 0 Å². The summed E-state index contributed by atoms with van der Waals surface area (Å²) in [6.45, 7) is 5.50. The molecule has 24 heavy (non-hydrogen) atoms. The zero-order chi connectivity index (χ0) is 15.8. The first-order chi connectivity index (χ1) is 11.2. The van der Waals surface area contributed by atoms with Gasteiger partial charge in [0.2, 0.25) is 0 Å². The van der Waals surface area contributed by atoms with Crippen molar-refractivity contribution >= 4 is 28.5 Å². The molecule has 2 aromatic heterocycles. The van der Waals surface area contributed by atoms with Crippen LogP contribution in [0.1, 0.15) is 5.82 Å². The second kappa shape index (κ2) is 7.48. The summed E-state index contributed by atoms with van der Waals surface area (Å²) in [6.07, 6.45) is 2.04. The van der Waals surface area contributed by atoms with E-state index in [2.05, 4.69) is 30.8 Å². The van der Waals surface area contributed by atoms with Gasteiger partial charge in [-0.25, -0.2) is 9.97 Å². The van der Waals surface area contributed by atoms with Crippen molar-refractivity contribution < 1.29 is 32.7 Å². The van der Waals surface area contributed by atoms with E-state index in [0.717, 1.165) is 59.6 Å². The molecule has 5 nitrogen and oxygen atoms in total. The van der Waals surface area contributed by atoms with Crippen LogP contribution in [0, 0.1) is 6.92 Å². The number of anilines is 1. The van der Waals surface area contributed by atoms with E-state index in [1.165, 1.54) is 0 Å². The van der Waals surface area contributed by atoms with Crippen molar-refractivity contribution in [3.63, 3.8) is 0 Å². The van der Waals surface area contributed by atoms with Gasteiger partial charge >= 0.3 is 0 Å². The molecule has 0 amide bonds. The summed E-state index contributed by atoms with van der Waals surface area (Å²) in [5, 5.41) is 6.22. The molecule has 0 atom stereocenters. The molecule has 1 saturated heterocycles. The molecule has 7 heteroatoms. The average molecular weight is 416 g/mol. The Kier molecular flexibility index (Phi) is 5.55. The zero-order valence-corrected chi connectivity index (χ0v) is 17.1. The average Bonchev–Trinajstić information content (AvgIpc) is 2.99. The van der Waals surface area contributed by atoms with Crippen LogP contribution >= 0.6 is 11.6 Å². The van der Waals surface area contributed by atoms with Gasteiger partial charge in [-0.2, -0.15) is 0 Å². The van der Waals surface area contributed by atoms with Gasteiger partial charge in [0.05, 0.1) is 5.39 Å². The third-order valence-corrected chi connectivity index (χ3v) is 4.35. The molecule has 0 spiro atoms. The van der Waals surface area contributed by atoms with Gasteiger partial charge in [0, 0.05) is 62.7 Å². The molecule has 0 bridgehead atoms. The SMILES string of the molecule is Cc1nc(N2CC[N-]CC2)c2ccn(-c3ccc(Cl)cc3)c2n1.[Y]. The van der Waals surface area contributed by atoms with E-state index < -0.39 is 0 Å². The number of aryl methyl sites for hydroxylation is 1. The van der Waals surface area contributed by atoms with Crippen LogP contribution in [0.4, 0.5) is 5.82 Å². The van der Waals surface area contributed by atoms with Crippen molar-refractivity contribution in [2.24, 2.45) is 0 Å². The second-order valence-electron chi connectivity index (χ2n) is 5.65. The number of benzene rings is 1. The van der Waals surface area contributed by atoms with Crippen molar-refractivity contribution in [1.29, 1.82) is 0 Å². The van der Waals surface area contributed by atoms with Crippen molar-refractivity contribution in [3.05, 3.63) is 52.7 Å². The van der Waals surface area contributed by atoms with Gasteiger partial charge in [-0.15, -0.1) is 13.1 Å². The molecule has 1 fully saturated rings. The molecule has 1 aromatic carbocycles. The largest absolute Gasteiger partial charge is 0.659 e. The Morgan fingerprint density at radius 1 is 1.04 bits per heavy atom. The summed E-state index contributed by atoms with van der Waals surface area (Å²) in [7, 11) is 0. The van der Waals surface area contributed by atoms with Crippen molar-refractivity contribution in [3.8, 4) is 5.69 Å². The molecule has 0 aliphatic carbocycles. The normalized spacial score (nSPS) is 14.7. The van der Waals surface area contributed by atoms with Crippen LogP contribution in [0.2, 0.25) is 5.02 Å². The number of fused-ring (bicyclic) bond motifs is 1. The number of rotatable bonds is 2. The van der Waals surface area contributed by atoms with Gasteiger partial charge in [-0.05, 0) is 37.3 Å². The van der Waals surface area contributed by atoms with Gasteiger partial charge in [0.25, 0.3) is 0 Å². The molecule has 3 aromatic rings. The molecule has 1 radical (unpaired) electrons. The van der Waals surface area contributed by atoms with Gasteiger partial charge in [-0.1, -0.05) is 11.6 Å². The van der Waals surface area contributed by atoms with Gasteiger partial charge in [0.1, 0.15) is 17.3 Å². The Morgan fingerprint density at radius 2 is 1.75 bits per heavy atom. The minimum atomic E-state index is 0. The first-order valence-electron chi connectivity index (χ1n) is 7.72. The number of hydrogen-bond donors (Lipinski definition) is 0. The van der Waals surface area contributed by atoms with Crippen LogP contribution in [0.15, 0.2) is 36.5 Å². The Morgan fingerprint density at radius 3 is 2.46 bits per heavy atom. The minimum absolute atomic E-state index is 0. The quantitative estimate of drug-likeness (QED) is 0.643. The van der Waals surface area contributed by atoms with Crippen molar-refractivity contribution in [2.45, 2.75) is 6.92 Å². The Labute approximate surface area is 171 Å². The van der Waals surface area contributed by atoms with Crippen molar-refractivity contribution in [1.82, 2.24) is 14.5 Å². The molecule has 1 aliphatic rings. The topological polar surface area (TPSA) is 48.1 Å². The predicted molar refractivity (Wildman–Crippen MR) is 93.9 cm³/mol. The molecule has 0 N–H and O–H groups in total. The van der Waals surface area contributed by atoms with Crippen LogP contribution in [-0.2, 0) is 32.7 Å². The summed E-state index contributed by atoms with van der Waals surface area (Å²) in [5.74, 6) is 1.79. The summed E-state index contributed by atoms with van der Waals surface area (Å²) >= 11 is 5.99. The van der Waals surface area contributed by atoms with Crippen molar-refractivity contribution in [2.75, 3.05) is 31.1 Å². The molecule has 4 rings (SSSR count). The Hall–Kier alpha value is -1.01. The fourth-order valence-electron chi connectivity index (χ4n) is 2.97. The smallest absolute Gasteiger partial charge is 0.150 e. The van der Waals surface area contributed by atoms with E-state index in [1.807, 2.05) is 37.4 Å². The van der Waals surface area contributed by atoms with Crippen LogP contribution in [0.5, 0.6) is 0 Å². The summed E-state index contributed by atoms with van der Waals surface area (Å²) in [5.41, 5.74) is 1.97. The third kappa shape index (κ3) is 3.36. The fraction of sp³-hybridized carbons (Fsp3) is 0.294. The molecule has 3 heterocycles. The molecule has 1 aliphatic heterocycles. The minimum Gasteiger partial charge on any atom is -0.659 e. The van der Waals surface area contributed by atoms with E-state index in [4.69, 9.17) is 11.6 Å². The molecule has 0 saturated carbocycles. The number of nitrogens with zero attached hydrogens (tertiary/aromatic N) is 5. The summed E-state index contributed by atoms with van der Waals surface area (Å²) in [4.78, 5) is 11.6. The third-order valence-electron chi connectivity index (χ3n) is 4.10. The summed E-state index contributed by atoms with van der Waals surface area (Å²) < 4.78 is 2.08. The van der Waals surface area contributed by atoms with E-state index in [-0.39, 0.29) is 32.7 Å². The predicted octanol–water partition coefficient (Wildman–Crippen LogP) is 3.57. The first kappa shape index (κ1) is 17.8. The van der Waals surface area contributed by atoms with Crippen LogP contribution in [-0.4, -0.2) is 40.7 Å². The Bertz CT molecular complexity index is 840. The zero-order valence-electron chi connectivity index (χ0n) is 13.5. The van der Waals surface area contributed by atoms with Gasteiger partial charge < -0.3 is 14.8 Å². The summed E-state index contributed by atoms with van der Waals surface area (Å²) in [6, 6.07) is 9.87. The molecule has 121 valence electrons. The maximum atomic E-state index is 5.99. The van der Waals surface area contributed by atoms with Gasteiger partial charge in [-0.3, -0.25) is 0 Å². The molecular weight excluding hydrogens is 399 g/mol.